The Bertz CT molecular complexity index is 720. The van der Waals surface area contributed by atoms with Crippen molar-refractivity contribution in [1.82, 2.24) is 10.2 Å². The number of benzene rings is 2. The number of nitrogens with zero attached hydrogens (tertiary/aromatic N) is 1. The van der Waals surface area contributed by atoms with Gasteiger partial charge in [-0.25, -0.2) is 4.39 Å². The number of aliphatic hydroxyl groups excluding tert-OH is 1. The van der Waals surface area contributed by atoms with Gasteiger partial charge >= 0.3 is 0 Å². The van der Waals surface area contributed by atoms with Gasteiger partial charge < -0.3 is 15.3 Å². The summed E-state index contributed by atoms with van der Waals surface area (Å²) in [5.41, 5.74) is 1.41. The Labute approximate surface area is 152 Å². The van der Waals surface area contributed by atoms with Gasteiger partial charge in [0.1, 0.15) is 11.9 Å². The van der Waals surface area contributed by atoms with Crippen molar-refractivity contribution in [2.24, 2.45) is 0 Å². The molecule has 0 aromatic heterocycles. The van der Waals surface area contributed by atoms with E-state index < -0.39 is 6.04 Å². The molecular formula is C20H23FN2O3. The lowest BCUT2D eigenvalue weighted by molar-refractivity contribution is -0.140. The number of carbonyl (C=O) groups is 2. The molecule has 0 fully saturated rings. The molecule has 0 aliphatic rings. The number of aliphatic hydroxyl groups is 1. The normalized spacial score (nSPS) is 11.7. The first kappa shape index (κ1) is 19.6. The van der Waals surface area contributed by atoms with Crippen LogP contribution in [0.5, 0.6) is 0 Å². The minimum Gasteiger partial charge on any atom is -0.396 e. The number of hydrogen-bond acceptors (Lipinski definition) is 3. The smallest absolute Gasteiger partial charge is 0.247 e. The van der Waals surface area contributed by atoms with E-state index in [4.69, 9.17) is 5.11 Å². The molecule has 2 amide bonds. The van der Waals surface area contributed by atoms with Crippen molar-refractivity contribution in [2.75, 3.05) is 13.2 Å². The van der Waals surface area contributed by atoms with E-state index in [-0.39, 0.29) is 30.8 Å². The number of nitrogens with one attached hydrogen (secondary N) is 1. The lowest BCUT2D eigenvalue weighted by Crippen LogP contribution is -2.43. The van der Waals surface area contributed by atoms with Gasteiger partial charge in [0.25, 0.3) is 0 Å². The van der Waals surface area contributed by atoms with Crippen molar-refractivity contribution >= 4 is 11.8 Å². The molecule has 5 nitrogen and oxygen atoms in total. The molecule has 0 unspecified atom stereocenters. The van der Waals surface area contributed by atoms with E-state index in [1.165, 1.54) is 24.0 Å². The number of hydrogen-bond donors (Lipinski definition) is 2. The fourth-order valence-corrected chi connectivity index (χ4v) is 2.67. The highest BCUT2D eigenvalue weighted by Gasteiger charge is 2.29. The SMILES string of the molecule is CC(=O)N(Cc1ccc(F)cc1)[C@H](C(=O)NCCCO)c1ccccc1. The molecule has 2 aromatic rings. The van der Waals surface area contributed by atoms with Crippen LogP contribution in [-0.4, -0.2) is 35.0 Å². The predicted molar refractivity (Wildman–Crippen MR) is 96.5 cm³/mol. The molecule has 1 atom stereocenters. The Hall–Kier alpha value is -2.73. The molecular weight excluding hydrogens is 335 g/mol. The standard InChI is InChI=1S/C20H23FN2O3/c1-15(25)23(14-16-8-10-18(21)11-9-16)19(17-6-3-2-4-7-17)20(26)22-12-5-13-24/h2-4,6-11,19,24H,5,12-14H2,1H3,(H,22,26)/t19-/m0/s1. The minimum atomic E-state index is -0.808. The average Bonchev–Trinajstić information content (AvgIpc) is 2.64. The minimum absolute atomic E-state index is 0.0255. The van der Waals surface area contributed by atoms with Gasteiger partial charge in [-0.15, -0.1) is 0 Å². The van der Waals surface area contributed by atoms with Crippen LogP contribution in [0.1, 0.15) is 30.5 Å². The van der Waals surface area contributed by atoms with Crippen LogP contribution in [0.25, 0.3) is 0 Å². The number of halogens is 1. The summed E-state index contributed by atoms with van der Waals surface area (Å²) < 4.78 is 13.1. The number of amides is 2. The highest BCUT2D eigenvalue weighted by molar-refractivity contribution is 5.88. The highest BCUT2D eigenvalue weighted by Crippen LogP contribution is 2.24. The zero-order valence-electron chi connectivity index (χ0n) is 14.7. The molecule has 0 saturated carbocycles. The summed E-state index contributed by atoms with van der Waals surface area (Å²) in [6.07, 6.45) is 0.436. The first-order valence-corrected chi connectivity index (χ1v) is 8.48. The van der Waals surface area contributed by atoms with E-state index in [1.54, 1.807) is 36.4 Å². The van der Waals surface area contributed by atoms with Gasteiger partial charge in [0.05, 0.1) is 0 Å². The molecule has 138 valence electrons. The molecule has 0 bridgehead atoms. The molecule has 0 radical (unpaired) electrons. The summed E-state index contributed by atoms with van der Waals surface area (Å²) in [4.78, 5) is 26.5. The lowest BCUT2D eigenvalue weighted by Gasteiger charge is -2.30. The lowest BCUT2D eigenvalue weighted by atomic mass is 10.0. The third-order valence-electron chi connectivity index (χ3n) is 3.98. The molecule has 0 heterocycles. The topological polar surface area (TPSA) is 69.6 Å². The van der Waals surface area contributed by atoms with E-state index in [1.807, 2.05) is 6.07 Å². The highest BCUT2D eigenvalue weighted by atomic mass is 19.1. The van der Waals surface area contributed by atoms with Gasteiger partial charge in [-0.1, -0.05) is 42.5 Å². The van der Waals surface area contributed by atoms with Gasteiger partial charge in [-0.3, -0.25) is 9.59 Å². The van der Waals surface area contributed by atoms with Gasteiger partial charge in [-0.05, 0) is 29.7 Å². The molecule has 2 aromatic carbocycles. The first-order chi connectivity index (χ1) is 12.5. The fourth-order valence-electron chi connectivity index (χ4n) is 2.67. The summed E-state index contributed by atoms with van der Waals surface area (Å²) in [5, 5.41) is 11.7. The zero-order valence-corrected chi connectivity index (χ0v) is 14.7. The van der Waals surface area contributed by atoms with E-state index in [0.717, 1.165) is 5.56 Å². The second-order valence-electron chi connectivity index (χ2n) is 5.95. The van der Waals surface area contributed by atoms with Crippen molar-refractivity contribution < 1.29 is 19.1 Å². The van der Waals surface area contributed by atoms with Crippen LogP contribution in [0.15, 0.2) is 54.6 Å². The second-order valence-corrected chi connectivity index (χ2v) is 5.95. The van der Waals surface area contributed by atoms with Crippen LogP contribution in [0.3, 0.4) is 0 Å². The Morgan fingerprint density at radius 2 is 1.77 bits per heavy atom. The number of carbonyl (C=O) groups excluding carboxylic acids is 2. The summed E-state index contributed by atoms with van der Waals surface area (Å²) in [6.45, 7) is 1.88. The van der Waals surface area contributed by atoms with Crippen molar-refractivity contribution in [3.63, 3.8) is 0 Å². The van der Waals surface area contributed by atoms with E-state index in [2.05, 4.69) is 5.32 Å². The van der Waals surface area contributed by atoms with Crippen LogP contribution in [0, 0.1) is 5.82 Å². The Balaban J connectivity index is 2.30. The number of rotatable bonds is 8. The second kappa shape index (κ2) is 9.68. The molecule has 6 heteroatoms. The van der Waals surface area contributed by atoms with Gasteiger partial charge in [0.2, 0.25) is 11.8 Å². The van der Waals surface area contributed by atoms with E-state index in [0.29, 0.717) is 18.5 Å². The monoisotopic (exact) mass is 358 g/mol. The van der Waals surface area contributed by atoms with Gasteiger partial charge in [0.15, 0.2) is 0 Å². The quantitative estimate of drug-likeness (QED) is 0.712. The largest absolute Gasteiger partial charge is 0.396 e. The Kier molecular flexibility index (Phi) is 7.29. The molecule has 26 heavy (non-hydrogen) atoms. The van der Waals surface area contributed by atoms with Crippen molar-refractivity contribution in [3.8, 4) is 0 Å². The Morgan fingerprint density at radius 3 is 2.35 bits per heavy atom. The van der Waals surface area contributed by atoms with Crippen molar-refractivity contribution in [2.45, 2.75) is 25.9 Å². The third kappa shape index (κ3) is 5.39. The van der Waals surface area contributed by atoms with Gasteiger partial charge in [-0.2, -0.15) is 0 Å². The maximum Gasteiger partial charge on any atom is 0.247 e. The van der Waals surface area contributed by atoms with Crippen LogP contribution < -0.4 is 5.32 Å². The summed E-state index contributed by atoms with van der Waals surface area (Å²) >= 11 is 0. The zero-order chi connectivity index (χ0) is 18.9. The Morgan fingerprint density at radius 1 is 1.12 bits per heavy atom. The van der Waals surface area contributed by atoms with Crippen molar-refractivity contribution in [1.29, 1.82) is 0 Å². The van der Waals surface area contributed by atoms with Crippen LogP contribution in [0.4, 0.5) is 4.39 Å². The predicted octanol–water partition coefficient (Wildman–Crippen LogP) is 2.41. The fraction of sp³-hybridized carbons (Fsp3) is 0.300. The summed E-state index contributed by atoms with van der Waals surface area (Å²) in [7, 11) is 0. The summed E-state index contributed by atoms with van der Waals surface area (Å²) in [5.74, 6) is -0.938. The maximum absolute atomic E-state index is 13.1. The molecule has 2 rings (SSSR count). The van der Waals surface area contributed by atoms with Crippen LogP contribution in [-0.2, 0) is 16.1 Å². The molecule has 0 spiro atoms. The third-order valence-corrected chi connectivity index (χ3v) is 3.98. The molecule has 0 aliphatic heterocycles. The van der Waals surface area contributed by atoms with Gasteiger partial charge in [0, 0.05) is 26.6 Å². The van der Waals surface area contributed by atoms with Crippen LogP contribution in [0.2, 0.25) is 0 Å². The first-order valence-electron chi connectivity index (χ1n) is 8.48. The van der Waals surface area contributed by atoms with Crippen molar-refractivity contribution in [3.05, 3.63) is 71.5 Å². The average molecular weight is 358 g/mol. The van der Waals surface area contributed by atoms with E-state index in [9.17, 15) is 14.0 Å². The molecule has 0 saturated heterocycles. The maximum atomic E-state index is 13.1. The van der Waals surface area contributed by atoms with Crippen LogP contribution >= 0.6 is 0 Å². The summed E-state index contributed by atoms with van der Waals surface area (Å²) in [6, 6.07) is 14.1. The molecule has 2 N–H and O–H groups in total. The molecule has 0 aliphatic carbocycles. The van der Waals surface area contributed by atoms with E-state index >= 15 is 0 Å².